The van der Waals surface area contributed by atoms with Crippen LogP contribution in [-0.4, -0.2) is 23.7 Å². The van der Waals surface area contributed by atoms with Crippen molar-refractivity contribution >= 4 is 24.2 Å². The predicted molar refractivity (Wildman–Crippen MR) is 82.3 cm³/mol. The zero-order chi connectivity index (χ0) is 14.2. The van der Waals surface area contributed by atoms with E-state index < -0.39 is 8.32 Å². The lowest BCUT2D eigenvalue weighted by Crippen LogP contribution is -2.49. The van der Waals surface area contributed by atoms with E-state index in [1.807, 2.05) is 16.9 Å². The molecule has 0 bridgehead atoms. The quantitative estimate of drug-likeness (QED) is 0.762. The Morgan fingerprint density at radius 3 is 2.22 bits per heavy atom. The normalized spacial score (nSPS) is 14.0. The Hall–Kier alpha value is -0.133. The van der Waals surface area contributed by atoms with Crippen molar-refractivity contribution in [3.63, 3.8) is 0 Å². The van der Waals surface area contributed by atoms with E-state index in [9.17, 15) is 0 Å². The first-order valence-corrected chi connectivity index (χ1v) is 10.0. The minimum atomic E-state index is -1.74. The van der Waals surface area contributed by atoms with Crippen LogP contribution in [0.4, 0.5) is 0 Å². The molecular weight excluding hydrogens is 308 g/mol. The van der Waals surface area contributed by atoms with Gasteiger partial charge in [-0.3, -0.25) is 4.68 Å². The summed E-state index contributed by atoms with van der Waals surface area (Å²) < 4.78 is 9.26. The fourth-order valence-electron chi connectivity index (χ4n) is 1.69. The van der Waals surface area contributed by atoms with Crippen LogP contribution in [0, 0.1) is 0 Å². The van der Waals surface area contributed by atoms with Crippen molar-refractivity contribution in [2.45, 2.75) is 64.9 Å². The van der Waals surface area contributed by atoms with Gasteiger partial charge in [-0.15, -0.1) is 0 Å². The number of halogens is 1. The molecule has 0 aromatic carbocycles. The summed E-state index contributed by atoms with van der Waals surface area (Å²) in [5.74, 6) is 0. The molecule has 0 radical (unpaired) electrons. The number of hydrogen-bond donors (Lipinski definition) is 0. The van der Waals surface area contributed by atoms with Crippen LogP contribution in [-0.2, 0) is 11.0 Å². The summed E-state index contributed by atoms with van der Waals surface area (Å²) in [6, 6.07) is 1.95. The first-order valence-electron chi connectivity index (χ1n) is 6.32. The highest BCUT2D eigenvalue weighted by atomic mass is 79.9. The molecule has 5 heteroatoms. The summed E-state index contributed by atoms with van der Waals surface area (Å²) in [5.41, 5.74) is -0.200. The molecule has 0 atom stereocenters. The van der Waals surface area contributed by atoms with Gasteiger partial charge in [0.25, 0.3) is 0 Å². The Morgan fingerprint density at radius 1 is 1.28 bits per heavy atom. The second kappa shape index (κ2) is 5.10. The van der Waals surface area contributed by atoms with E-state index >= 15 is 0 Å². The summed E-state index contributed by atoms with van der Waals surface area (Å²) >= 11 is 3.37. The van der Waals surface area contributed by atoms with Crippen LogP contribution in [0.25, 0.3) is 0 Å². The minimum absolute atomic E-state index is 0.200. The van der Waals surface area contributed by atoms with Gasteiger partial charge in [0.1, 0.15) is 4.60 Å². The van der Waals surface area contributed by atoms with E-state index in [4.69, 9.17) is 4.43 Å². The number of hydrogen-bond acceptors (Lipinski definition) is 2. The summed E-state index contributed by atoms with van der Waals surface area (Å²) in [5, 5.41) is 4.59. The van der Waals surface area contributed by atoms with E-state index in [0.717, 1.165) is 11.1 Å². The third kappa shape index (κ3) is 4.21. The van der Waals surface area contributed by atoms with Crippen molar-refractivity contribution in [1.29, 1.82) is 0 Å². The van der Waals surface area contributed by atoms with Crippen LogP contribution >= 0.6 is 15.9 Å². The molecule has 1 rings (SSSR count). The molecule has 0 aliphatic carbocycles. The van der Waals surface area contributed by atoms with Gasteiger partial charge >= 0.3 is 0 Å². The molecule has 0 spiro atoms. The molecule has 0 aliphatic rings. The summed E-state index contributed by atoms with van der Waals surface area (Å²) in [4.78, 5) is 0. The predicted octanol–water partition coefficient (Wildman–Crippen LogP) is 4.45. The van der Waals surface area contributed by atoms with Crippen LogP contribution in [0.3, 0.4) is 0 Å². The maximum Gasteiger partial charge on any atom is 0.192 e. The fraction of sp³-hybridized carbons (Fsp3) is 0.769. The lowest BCUT2D eigenvalue weighted by Gasteiger charge is -2.42. The molecule has 0 saturated heterocycles. The Bertz CT molecular complexity index is 407. The van der Waals surface area contributed by atoms with Crippen molar-refractivity contribution in [1.82, 2.24) is 9.78 Å². The van der Waals surface area contributed by atoms with Gasteiger partial charge in [0.15, 0.2) is 8.32 Å². The molecule has 0 unspecified atom stereocenters. The second-order valence-electron chi connectivity index (χ2n) is 6.96. The molecule has 1 aromatic heterocycles. The van der Waals surface area contributed by atoms with Crippen LogP contribution < -0.4 is 0 Å². The summed E-state index contributed by atoms with van der Waals surface area (Å²) in [6.07, 6.45) is 1.97. The molecule has 0 amide bonds. The summed E-state index contributed by atoms with van der Waals surface area (Å²) in [7, 11) is -1.74. The second-order valence-corrected chi connectivity index (χ2v) is 12.5. The van der Waals surface area contributed by atoms with Crippen molar-refractivity contribution in [3.8, 4) is 0 Å². The Balaban J connectivity index is 2.76. The van der Waals surface area contributed by atoms with Gasteiger partial charge in [-0.1, -0.05) is 20.8 Å². The topological polar surface area (TPSA) is 27.1 Å². The maximum atomic E-state index is 6.47. The first kappa shape index (κ1) is 15.9. The highest BCUT2D eigenvalue weighted by Crippen LogP contribution is 2.39. The van der Waals surface area contributed by atoms with Crippen LogP contribution in [0.5, 0.6) is 0 Å². The van der Waals surface area contributed by atoms with Crippen molar-refractivity contribution in [2.75, 3.05) is 0 Å². The zero-order valence-electron chi connectivity index (χ0n) is 12.5. The van der Waals surface area contributed by atoms with Crippen LogP contribution in [0.1, 0.15) is 34.6 Å². The fourth-order valence-corrected chi connectivity index (χ4v) is 3.77. The van der Waals surface area contributed by atoms with E-state index in [0.29, 0.717) is 0 Å². The van der Waals surface area contributed by atoms with Gasteiger partial charge in [-0.25, -0.2) is 0 Å². The average Bonchev–Trinajstić information content (AvgIpc) is 2.45. The SMILES string of the molecule is CC(C)(Cn1ccc(Br)n1)O[Si](C)(C)C(C)(C)C. The standard InChI is InChI=1S/C13H25BrN2OSi/c1-12(2,3)18(6,7)17-13(4,5)10-16-9-8-11(14)15-16/h8-9H,10H2,1-7H3. The van der Waals surface area contributed by atoms with Gasteiger partial charge in [0, 0.05) is 6.20 Å². The first-order chi connectivity index (χ1) is 7.93. The van der Waals surface area contributed by atoms with Crippen LogP contribution in [0.15, 0.2) is 16.9 Å². The van der Waals surface area contributed by atoms with Crippen molar-refractivity contribution in [3.05, 3.63) is 16.9 Å². The van der Waals surface area contributed by atoms with Gasteiger partial charge in [0.05, 0.1) is 12.1 Å². The zero-order valence-corrected chi connectivity index (χ0v) is 15.1. The third-order valence-corrected chi connectivity index (χ3v) is 8.59. The number of aromatic nitrogens is 2. The molecule has 1 heterocycles. The lowest BCUT2D eigenvalue weighted by molar-refractivity contribution is 0.0691. The lowest BCUT2D eigenvalue weighted by atomic mass is 10.1. The van der Waals surface area contributed by atoms with Gasteiger partial charge in [-0.2, -0.15) is 5.10 Å². The van der Waals surface area contributed by atoms with Gasteiger partial charge in [0.2, 0.25) is 0 Å². The Morgan fingerprint density at radius 2 is 1.83 bits per heavy atom. The Kier molecular flexibility index (Phi) is 4.51. The van der Waals surface area contributed by atoms with Crippen molar-refractivity contribution in [2.24, 2.45) is 0 Å². The minimum Gasteiger partial charge on any atom is -0.410 e. The molecule has 0 N–H and O–H groups in total. The van der Waals surface area contributed by atoms with Gasteiger partial charge in [-0.05, 0) is 54.0 Å². The monoisotopic (exact) mass is 332 g/mol. The highest BCUT2D eigenvalue weighted by Gasteiger charge is 2.41. The molecular formula is C13H25BrN2OSi. The highest BCUT2D eigenvalue weighted by molar-refractivity contribution is 9.10. The van der Waals surface area contributed by atoms with Crippen LogP contribution in [0.2, 0.25) is 18.1 Å². The van der Waals surface area contributed by atoms with Crippen molar-refractivity contribution < 1.29 is 4.43 Å². The largest absolute Gasteiger partial charge is 0.410 e. The summed E-state index contributed by atoms with van der Waals surface area (Å²) in [6.45, 7) is 16.4. The Labute approximate surface area is 120 Å². The van der Waals surface area contributed by atoms with E-state index in [2.05, 4.69) is 68.7 Å². The molecule has 1 aromatic rings. The average molecular weight is 333 g/mol. The maximum absolute atomic E-state index is 6.47. The number of nitrogens with zero attached hydrogens (tertiary/aromatic N) is 2. The van der Waals surface area contributed by atoms with E-state index in [-0.39, 0.29) is 10.6 Å². The molecule has 0 saturated carbocycles. The third-order valence-electron chi connectivity index (χ3n) is 3.49. The van der Waals surface area contributed by atoms with E-state index in [1.54, 1.807) is 0 Å². The van der Waals surface area contributed by atoms with E-state index in [1.165, 1.54) is 0 Å². The smallest absolute Gasteiger partial charge is 0.192 e. The molecule has 0 aliphatic heterocycles. The molecule has 0 fully saturated rings. The molecule has 3 nitrogen and oxygen atoms in total. The molecule has 104 valence electrons. The van der Waals surface area contributed by atoms with Gasteiger partial charge < -0.3 is 4.43 Å². The molecule has 18 heavy (non-hydrogen) atoms. The number of rotatable bonds is 4.